The second-order valence-electron chi connectivity index (χ2n) is 6.47. The molecule has 9 heteroatoms. The van der Waals surface area contributed by atoms with Crippen molar-refractivity contribution in [1.82, 2.24) is 4.57 Å². The number of amides is 1. The van der Waals surface area contributed by atoms with E-state index in [1.54, 1.807) is 55.5 Å². The normalized spacial score (nSPS) is 12.3. The number of carbonyl (C=O) groups excluding carboxylic acids is 1. The Morgan fingerprint density at radius 2 is 1.88 bits per heavy atom. The van der Waals surface area contributed by atoms with E-state index in [2.05, 4.69) is 5.32 Å². The van der Waals surface area contributed by atoms with E-state index in [0.717, 1.165) is 11.3 Å². The number of nitrogens with zero attached hydrogens (tertiary/aromatic N) is 2. The highest BCUT2D eigenvalue weighted by Crippen LogP contribution is 2.25. The van der Waals surface area contributed by atoms with Gasteiger partial charge in [-0.2, -0.15) is 5.26 Å². The Bertz CT molecular complexity index is 1370. The molecule has 0 fully saturated rings. The van der Waals surface area contributed by atoms with Crippen molar-refractivity contribution in [2.24, 2.45) is 0 Å². The summed E-state index contributed by atoms with van der Waals surface area (Å²) in [5, 5.41) is 13.3. The summed E-state index contributed by atoms with van der Waals surface area (Å²) in [6.07, 6.45) is 1.57. The summed E-state index contributed by atoms with van der Waals surface area (Å²) in [5.74, 6) is -0.146. The molecule has 32 heavy (non-hydrogen) atoms. The summed E-state index contributed by atoms with van der Waals surface area (Å²) in [7, 11) is 0. The van der Waals surface area contributed by atoms with Crippen molar-refractivity contribution in [1.29, 1.82) is 5.26 Å². The first-order valence-electron chi connectivity index (χ1n) is 9.74. The molecule has 0 atom stereocenters. The molecular weight excluding hydrogens is 469 g/mol. The van der Waals surface area contributed by atoms with E-state index in [0.29, 0.717) is 38.2 Å². The van der Waals surface area contributed by atoms with Crippen LogP contribution in [-0.2, 0) is 11.3 Å². The summed E-state index contributed by atoms with van der Waals surface area (Å²) >= 11 is 13.5. The Kier molecular flexibility index (Phi) is 7.75. The summed E-state index contributed by atoms with van der Waals surface area (Å²) in [5.41, 5.74) is 0.421. The van der Waals surface area contributed by atoms with Gasteiger partial charge in [-0.3, -0.25) is 14.2 Å². The quantitative estimate of drug-likeness (QED) is 0.573. The van der Waals surface area contributed by atoms with Crippen LogP contribution in [0.1, 0.15) is 19.4 Å². The van der Waals surface area contributed by atoms with Crippen LogP contribution in [0.15, 0.2) is 47.3 Å². The predicted octanol–water partition coefficient (Wildman–Crippen LogP) is 3.78. The van der Waals surface area contributed by atoms with Crippen LogP contribution >= 0.6 is 34.5 Å². The Balaban J connectivity index is 2.16. The minimum atomic E-state index is -0.634. The number of para-hydroxylation sites is 2. The molecule has 1 amide bonds. The lowest BCUT2D eigenvalue weighted by atomic mass is 10.2. The van der Waals surface area contributed by atoms with E-state index < -0.39 is 5.91 Å². The number of aromatic nitrogens is 1. The maximum atomic E-state index is 13.0. The van der Waals surface area contributed by atoms with Crippen LogP contribution in [0.3, 0.4) is 0 Å². The molecule has 0 saturated heterocycles. The molecule has 0 spiro atoms. The summed E-state index contributed by atoms with van der Waals surface area (Å²) in [6, 6.07) is 13.9. The van der Waals surface area contributed by atoms with Crippen molar-refractivity contribution in [3.8, 4) is 11.8 Å². The summed E-state index contributed by atoms with van der Waals surface area (Å²) in [4.78, 5) is 25.9. The molecule has 1 N–H and O–H groups in total. The Hall–Kier alpha value is -3.05. The monoisotopic (exact) mass is 487 g/mol. The van der Waals surface area contributed by atoms with Crippen LogP contribution in [0.25, 0.3) is 11.6 Å². The number of nitriles is 1. The van der Waals surface area contributed by atoms with Gasteiger partial charge in [0.25, 0.3) is 11.5 Å². The van der Waals surface area contributed by atoms with Crippen molar-refractivity contribution in [3.63, 3.8) is 0 Å². The zero-order valence-corrected chi connectivity index (χ0v) is 19.6. The third-order valence-electron chi connectivity index (χ3n) is 4.49. The van der Waals surface area contributed by atoms with Crippen molar-refractivity contribution in [2.75, 3.05) is 11.9 Å². The lowest BCUT2D eigenvalue weighted by Crippen LogP contribution is -2.33. The SMILES string of the molecule is CCOc1ccccc1NC(=O)/C(C#N)=c1\s/c(=C\c2c(Cl)cccc2Cl)c(=O)n1CC. The largest absolute Gasteiger partial charge is 0.492 e. The molecule has 0 unspecified atom stereocenters. The minimum absolute atomic E-state index is 0.176. The van der Waals surface area contributed by atoms with Gasteiger partial charge in [0.15, 0.2) is 5.57 Å². The fraction of sp³-hybridized carbons (Fsp3) is 0.174. The zero-order chi connectivity index (χ0) is 23.3. The van der Waals surface area contributed by atoms with Gasteiger partial charge in [-0.05, 0) is 44.2 Å². The lowest BCUT2D eigenvalue weighted by Gasteiger charge is -2.10. The lowest BCUT2D eigenvalue weighted by molar-refractivity contribution is -0.111. The van der Waals surface area contributed by atoms with Crippen LogP contribution in [0.4, 0.5) is 5.69 Å². The average Bonchev–Trinajstić information content (AvgIpc) is 3.08. The van der Waals surface area contributed by atoms with E-state index in [-0.39, 0.29) is 22.3 Å². The smallest absolute Gasteiger partial charge is 0.269 e. The number of ether oxygens (including phenoxy) is 1. The Labute approximate surface area is 198 Å². The molecule has 1 aromatic heterocycles. The van der Waals surface area contributed by atoms with Crippen LogP contribution in [0, 0.1) is 11.3 Å². The first-order valence-corrected chi connectivity index (χ1v) is 11.3. The second kappa shape index (κ2) is 10.5. The maximum absolute atomic E-state index is 13.0. The molecule has 0 aliphatic rings. The maximum Gasteiger partial charge on any atom is 0.269 e. The van der Waals surface area contributed by atoms with Crippen molar-refractivity contribution >= 4 is 57.8 Å². The highest BCUT2D eigenvalue weighted by Gasteiger charge is 2.17. The van der Waals surface area contributed by atoms with Crippen molar-refractivity contribution < 1.29 is 9.53 Å². The number of hydrogen-bond donors (Lipinski definition) is 1. The predicted molar refractivity (Wildman–Crippen MR) is 129 cm³/mol. The van der Waals surface area contributed by atoms with Gasteiger partial charge in [0, 0.05) is 22.2 Å². The fourth-order valence-corrected chi connectivity index (χ4v) is 4.66. The molecule has 3 aromatic rings. The van der Waals surface area contributed by atoms with Crippen LogP contribution in [0.2, 0.25) is 10.0 Å². The van der Waals surface area contributed by atoms with E-state index in [1.165, 1.54) is 4.57 Å². The summed E-state index contributed by atoms with van der Waals surface area (Å²) < 4.78 is 7.47. The fourth-order valence-electron chi connectivity index (χ4n) is 3.00. The highest BCUT2D eigenvalue weighted by molar-refractivity contribution is 7.07. The number of anilines is 1. The van der Waals surface area contributed by atoms with Gasteiger partial charge >= 0.3 is 0 Å². The zero-order valence-electron chi connectivity index (χ0n) is 17.3. The van der Waals surface area contributed by atoms with E-state index in [9.17, 15) is 14.9 Å². The number of thiazole rings is 1. The molecule has 2 aromatic carbocycles. The Morgan fingerprint density at radius 3 is 2.50 bits per heavy atom. The second-order valence-corrected chi connectivity index (χ2v) is 8.32. The Morgan fingerprint density at radius 1 is 1.19 bits per heavy atom. The average molecular weight is 488 g/mol. The van der Waals surface area contributed by atoms with Gasteiger partial charge in [0.05, 0.1) is 16.8 Å². The van der Waals surface area contributed by atoms with Gasteiger partial charge < -0.3 is 10.1 Å². The molecule has 0 radical (unpaired) electrons. The number of hydrogen-bond acceptors (Lipinski definition) is 5. The van der Waals surface area contributed by atoms with E-state index in [1.807, 2.05) is 13.0 Å². The number of carbonyl (C=O) groups is 1. The van der Waals surface area contributed by atoms with Crippen molar-refractivity contribution in [3.05, 3.63) is 77.6 Å². The molecule has 0 aliphatic heterocycles. The van der Waals surface area contributed by atoms with Crippen LogP contribution < -0.4 is 24.8 Å². The van der Waals surface area contributed by atoms with Gasteiger partial charge in [-0.1, -0.05) is 41.4 Å². The van der Waals surface area contributed by atoms with Gasteiger partial charge in [0.2, 0.25) is 0 Å². The third kappa shape index (κ3) is 4.89. The number of rotatable bonds is 6. The number of nitrogens with one attached hydrogen (secondary N) is 1. The topological polar surface area (TPSA) is 84.1 Å². The molecule has 6 nitrogen and oxygen atoms in total. The van der Waals surface area contributed by atoms with Crippen LogP contribution in [-0.4, -0.2) is 17.1 Å². The first kappa shape index (κ1) is 23.6. The molecule has 0 bridgehead atoms. The van der Waals surface area contributed by atoms with E-state index >= 15 is 0 Å². The minimum Gasteiger partial charge on any atom is -0.492 e. The molecule has 0 saturated carbocycles. The molecule has 164 valence electrons. The van der Waals surface area contributed by atoms with E-state index in [4.69, 9.17) is 27.9 Å². The first-order chi connectivity index (χ1) is 15.4. The standard InChI is InChI=1S/C23H19Cl2N3O3S/c1-3-28-22(30)20(12-14-16(24)8-7-9-17(14)25)32-23(28)15(13-26)21(29)27-18-10-5-6-11-19(18)31-4-2/h5-12H,3-4H2,1-2H3,(H,27,29)/b20-12-,23-15-. The van der Waals surface area contributed by atoms with Gasteiger partial charge in [-0.25, -0.2) is 0 Å². The highest BCUT2D eigenvalue weighted by atomic mass is 35.5. The van der Waals surface area contributed by atoms with Crippen LogP contribution in [0.5, 0.6) is 5.75 Å². The van der Waals surface area contributed by atoms with Gasteiger partial charge in [-0.15, -0.1) is 11.3 Å². The van der Waals surface area contributed by atoms with Gasteiger partial charge in [0.1, 0.15) is 16.5 Å². The van der Waals surface area contributed by atoms with Crippen molar-refractivity contribution in [2.45, 2.75) is 20.4 Å². The molecule has 1 heterocycles. The molecule has 3 rings (SSSR count). The summed E-state index contributed by atoms with van der Waals surface area (Å²) in [6.45, 7) is 4.30. The molecular formula is C23H19Cl2N3O3S. The molecule has 0 aliphatic carbocycles. The number of benzene rings is 2. The number of halogens is 2. The third-order valence-corrected chi connectivity index (χ3v) is 6.28.